The molecule has 1 fully saturated rings. The second kappa shape index (κ2) is 7.77. The number of hydrogen-bond donors (Lipinski definition) is 0. The minimum Gasteiger partial charge on any atom is -0.378 e. The maximum atomic E-state index is 12.2. The zero-order valence-corrected chi connectivity index (χ0v) is 14.4. The fourth-order valence-electron chi connectivity index (χ4n) is 2.95. The fourth-order valence-corrected chi connectivity index (χ4v) is 2.95. The van der Waals surface area contributed by atoms with Gasteiger partial charge in [0.15, 0.2) is 0 Å². The van der Waals surface area contributed by atoms with Crippen molar-refractivity contribution in [1.82, 2.24) is 14.7 Å². The molecule has 0 aliphatic carbocycles. The molecule has 0 radical (unpaired) electrons. The Labute approximate surface area is 133 Å². The predicted octanol–water partition coefficient (Wildman–Crippen LogP) is 2.62. The van der Waals surface area contributed by atoms with Crippen LogP contribution in [-0.4, -0.2) is 46.9 Å². The molecule has 0 N–H and O–H groups in total. The Morgan fingerprint density at radius 2 is 2.18 bits per heavy atom. The Bertz CT molecular complexity index is 504. The van der Waals surface area contributed by atoms with E-state index in [1.807, 2.05) is 23.6 Å². The monoisotopic (exact) mass is 307 g/mol. The van der Waals surface area contributed by atoms with Gasteiger partial charge in [-0.15, -0.1) is 0 Å². The van der Waals surface area contributed by atoms with Gasteiger partial charge in [0.1, 0.15) is 0 Å². The van der Waals surface area contributed by atoms with Crippen molar-refractivity contribution in [3.05, 3.63) is 17.0 Å². The Hall–Kier alpha value is -1.36. The first kappa shape index (κ1) is 17.0. The van der Waals surface area contributed by atoms with Gasteiger partial charge in [-0.1, -0.05) is 0 Å². The third kappa shape index (κ3) is 4.32. The van der Waals surface area contributed by atoms with Crippen LogP contribution in [0.1, 0.15) is 49.1 Å². The summed E-state index contributed by atoms with van der Waals surface area (Å²) >= 11 is 0. The highest BCUT2D eigenvalue weighted by atomic mass is 16.5. The van der Waals surface area contributed by atoms with E-state index >= 15 is 0 Å². The Morgan fingerprint density at radius 3 is 2.77 bits per heavy atom. The van der Waals surface area contributed by atoms with Crippen LogP contribution < -0.4 is 0 Å². The molecule has 0 saturated carbocycles. The lowest BCUT2D eigenvalue weighted by molar-refractivity contribution is -0.130. The van der Waals surface area contributed by atoms with Gasteiger partial charge in [-0.05, 0) is 52.0 Å². The molecule has 0 aromatic carbocycles. The zero-order valence-electron chi connectivity index (χ0n) is 14.4. The van der Waals surface area contributed by atoms with Gasteiger partial charge >= 0.3 is 0 Å². The first-order valence-corrected chi connectivity index (χ1v) is 8.35. The summed E-state index contributed by atoms with van der Waals surface area (Å²) in [6.45, 7) is 8.53. The van der Waals surface area contributed by atoms with Crippen LogP contribution >= 0.6 is 0 Å². The van der Waals surface area contributed by atoms with Crippen molar-refractivity contribution >= 4 is 5.91 Å². The molecule has 1 amide bonds. The average molecular weight is 307 g/mol. The first-order valence-electron chi connectivity index (χ1n) is 8.35. The summed E-state index contributed by atoms with van der Waals surface area (Å²) < 4.78 is 7.56. The van der Waals surface area contributed by atoms with E-state index in [2.05, 4.69) is 18.9 Å². The molecule has 124 valence electrons. The van der Waals surface area contributed by atoms with Crippen molar-refractivity contribution in [2.75, 3.05) is 20.2 Å². The van der Waals surface area contributed by atoms with Crippen LogP contribution in [-0.2, 0) is 16.1 Å². The van der Waals surface area contributed by atoms with Gasteiger partial charge in [0, 0.05) is 38.9 Å². The zero-order chi connectivity index (χ0) is 16.1. The van der Waals surface area contributed by atoms with E-state index in [1.165, 1.54) is 18.4 Å². The van der Waals surface area contributed by atoms with Crippen LogP contribution in [0.15, 0.2) is 0 Å². The number of carbonyl (C=O) groups excluding carboxylic acids is 1. The van der Waals surface area contributed by atoms with Crippen molar-refractivity contribution in [2.45, 2.75) is 65.5 Å². The number of aryl methyl sites for hydroxylation is 2. The summed E-state index contributed by atoms with van der Waals surface area (Å²) in [5.74, 6) is 0.192. The highest BCUT2D eigenvalue weighted by molar-refractivity contribution is 5.75. The molecular formula is C17H29N3O2. The standard InChI is InChI=1S/C17H29N3O2/c1-13-14(2)18-20(15(13)3)11-9-17(21)19(4)10-5-7-16-8-6-12-22-16/h16H,5-12H2,1-4H3/t16-/m0/s1. The van der Waals surface area contributed by atoms with E-state index in [-0.39, 0.29) is 5.91 Å². The SMILES string of the molecule is Cc1nn(CCC(=O)N(C)CCC[C@H]2CCCO2)c(C)c1C. The lowest BCUT2D eigenvalue weighted by atomic mass is 10.1. The third-order valence-electron chi connectivity index (χ3n) is 4.75. The molecule has 2 rings (SSSR count). The summed E-state index contributed by atoms with van der Waals surface area (Å²) in [7, 11) is 1.89. The van der Waals surface area contributed by atoms with Gasteiger partial charge in [0.2, 0.25) is 5.91 Å². The minimum atomic E-state index is 0.192. The smallest absolute Gasteiger partial charge is 0.224 e. The maximum Gasteiger partial charge on any atom is 0.224 e. The normalized spacial score (nSPS) is 17.9. The van der Waals surface area contributed by atoms with Crippen LogP contribution in [0, 0.1) is 20.8 Å². The van der Waals surface area contributed by atoms with E-state index in [9.17, 15) is 4.79 Å². The summed E-state index contributed by atoms with van der Waals surface area (Å²) in [6, 6.07) is 0. The fraction of sp³-hybridized carbons (Fsp3) is 0.765. The van der Waals surface area contributed by atoms with Crippen LogP contribution in [0.2, 0.25) is 0 Å². The van der Waals surface area contributed by atoms with Crippen molar-refractivity contribution in [1.29, 1.82) is 0 Å². The molecule has 0 bridgehead atoms. The molecule has 22 heavy (non-hydrogen) atoms. The van der Waals surface area contributed by atoms with Crippen molar-refractivity contribution < 1.29 is 9.53 Å². The summed E-state index contributed by atoms with van der Waals surface area (Å²) in [5, 5.41) is 4.48. The topological polar surface area (TPSA) is 47.4 Å². The number of aromatic nitrogens is 2. The number of nitrogens with zero attached hydrogens (tertiary/aromatic N) is 3. The van der Waals surface area contributed by atoms with Gasteiger partial charge in [0.05, 0.1) is 11.8 Å². The lowest BCUT2D eigenvalue weighted by Crippen LogP contribution is -2.29. The lowest BCUT2D eigenvalue weighted by Gasteiger charge is -2.18. The summed E-state index contributed by atoms with van der Waals surface area (Å²) in [6.07, 6.45) is 5.37. The molecule has 5 nitrogen and oxygen atoms in total. The van der Waals surface area contributed by atoms with E-state index in [1.54, 1.807) is 0 Å². The number of ether oxygens (including phenoxy) is 1. The molecule has 5 heteroatoms. The molecule has 1 aromatic rings. The van der Waals surface area contributed by atoms with E-state index in [4.69, 9.17) is 4.74 Å². The van der Waals surface area contributed by atoms with Gasteiger partial charge in [-0.25, -0.2) is 0 Å². The Kier molecular flexibility index (Phi) is 6.00. The Morgan fingerprint density at radius 1 is 1.41 bits per heavy atom. The molecule has 1 atom stereocenters. The number of rotatable bonds is 7. The van der Waals surface area contributed by atoms with Crippen molar-refractivity contribution in [3.63, 3.8) is 0 Å². The molecule has 1 saturated heterocycles. The number of amides is 1. The van der Waals surface area contributed by atoms with Crippen molar-refractivity contribution in [2.24, 2.45) is 0 Å². The molecule has 0 unspecified atom stereocenters. The highest BCUT2D eigenvalue weighted by Crippen LogP contribution is 2.17. The van der Waals surface area contributed by atoms with Crippen LogP contribution in [0.3, 0.4) is 0 Å². The van der Waals surface area contributed by atoms with Gasteiger partial charge < -0.3 is 9.64 Å². The van der Waals surface area contributed by atoms with Crippen LogP contribution in [0.4, 0.5) is 0 Å². The van der Waals surface area contributed by atoms with E-state index in [0.717, 1.165) is 37.4 Å². The second-order valence-electron chi connectivity index (χ2n) is 6.36. The quantitative estimate of drug-likeness (QED) is 0.778. The maximum absolute atomic E-state index is 12.2. The molecule has 2 heterocycles. The van der Waals surface area contributed by atoms with E-state index < -0.39 is 0 Å². The predicted molar refractivity (Wildman–Crippen MR) is 86.9 cm³/mol. The Balaban J connectivity index is 1.70. The number of carbonyl (C=O) groups is 1. The summed E-state index contributed by atoms with van der Waals surface area (Å²) in [4.78, 5) is 14.0. The van der Waals surface area contributed by atoms with Crippen LogP contribution in [0.5, 0.6) is 0 Å². The van der Waals surface area contributed by atoms with Crippen molar-refractivity contribution in [3.8, 4) is 0 Å². The molecule has 0 spiro atoms. The average Bonchev–Trinajstić information content (AvgIpc) is 3.09. The van der Waals surface area contributed by atoms with Gasteiger partial charge in [-0.3, -0.25) is 9.48 Å². The minimum absolute atomic E-state index is 0.192. The first-order chi connectivity index (χ1) is 10.5. The molecule has 1 aromatic heterocycles. The highest BCUT2D eigenvalue weighted by Gasteiger charge is 2.16. The number of hydrogen-bond acceptors (Lipinski definition) is 3. The van der Waals surface area contributed by atoms with E-state index in [0.29, 0.717) is 19.1 Å². The molecule has 1 aliphatic heterocycles. The third-order valence-corrected chi connectivity index (χ3v) is 4.75. The second-order valence-corrected chi connectivity index (χ2v) is 6.36. The summed E-state index contributed by atoms with van der Waals surface area (Å²) in [5.41, 5.74) is 3.43. The van der Waals surface area contributed by atoms with Gasteiger partial charge in [0.25, 0.3) is 0 Å². The van der Waals surface area contributed by atoms with Gasteiger partial charge in [-0.2, -0.15) is 5.10 Å². The largest absolute Gasteiger partial charge is 0.378 e. The molecular weight excluding hydrogens is 278 g/mol. The van der Waals surface area contributed by atoms with Crippen LogP contribution in [0.25, 0.3) is 0 Å². The molecule has 1 aliphatic rings.